The second kappa shape index (κ2) is 10.7. The van der Waals surface area contributed by atoms with Gasteiger partial charge in [-0.1, -0.05) is 91.1 Å². The summed E-state index contributed by atoms with van der Waals surface area (Å²) in [6.07, 6.45) is 3.69. The predicted molar refractivity (Wildman–Crippen MR) is 149 cm³/mol. The lowest BCUT2D eigenvalue weighted by atomic mass is 10.2. The average Bonchev–Trinajstić information content (AvgIpc) is 2.67. The van der Waals surface area contributed by atoms with E-state index in [0.29, 0.717) is 0 Å². The molecule has 4 heteroatoms. The molecule has 0 aromatic heterocycles. The summed E-state index contributed by atoms with van der Waals surface area (Å²) in [7, 11) is -3.40. The Morgan fingerprint density at radius 1 is 0.562 bits per heavy atom. The first-order chi connectivity index (χ1) is 14.5. The lowest BCUT2D eigenvalue weighted by molar-refractivity contribution is 0.492. The lowest BCUT2D eigenvalue weighted by Gasteiger charge is -2.36. The minimum atomic E-state index is -1.70. The molecule has 0 spiro atoms. The quantitative estimate of drug-likeness (QED) is 0.393. The Morgan fingerprint density at radius 2 is 0.812 bits per heavy atom. The smallest absolute Gasteiger partial charge is 0.250 e. The van der Waals surface area contributed by atoms with Crippen LogP contribution in [0.15, 0.2) is 61.7 Å². The summed E-state index contributed by atoms with van der Waals surface area (Å²) in [5.41, 5.74) is 2.25. The van der Waals surface area contributed by atoms with E-state index < -0.39 is 16.6 Å². The van der Waals surface area contributed by atoms with Crippen molar-refractivity contribution in [3.63, 3.8) is 0 Å². The van der Waals surface area contributed by atoms with E-state index in [2.05, 4.69) is 80.9 Å². The van der Waals surface area contributed by atoms with Crippen molar-refractivity contribution in [3.05, 3.63) is 72.8 Å². The van der Waals surface area contributed by atoms with Gasteiger partial charge in [0.05, 0.1) is 0 Å². The van der Waals surface area contributed by atoms with Crippen molar-refractivity contribution >= 4 is 28.8 Å². The molecule has 0 radical (unpaired) electrons. The first kappa shape index (κ1) is 28.0. The van der Waals surface area contributed by atoms with Gasteiger partial charge in [-0.3, -0.25) is 0 Å². The normalized spacial score (nSPS) is 12.3. The fourth-order valence-electron chi connectivity index (χ4n) is 2.24. The van der Waals surface area contributed by atoms with Crippen LogP contribution in [0.4, 0.5) is 0 Å². The summed E-state index contributed by atoms with van der Waals surface area (Å²) in [5, 5.41) is 0.480. The van der Waals surface area contributed by atoms with Gasteiger partial charge in [0.15, 0.2) is 0 Å². The van der Waals surface area contributed by atoms with Crippen LogP contribution >= 0.6 is 0 Å². The SMILES string of the molecule is C=Cc1ccc(O[Si](C)(C)C(C)(C)C)cc1.C=Cc1ccc(O[Si](C)(C)C(C)(C)C)cc1. The maximum Gasteiger partial charge on any atom is 0.250 e. The molecule has 0 N–H and O–H groups in total. The highest BCUT2D eigenvalue weighted by Crippen LogP contribution is 2.38. The molecule has 0 saturated carbocycles. The molecule has 32 heavy (non-hydrogen) atoms. The molecule has 2 aromatic carbocycles. The van der Waals surface area contributed by atoms with Crippen LogP contribution in [0.3, 0.4) is 0 Å². The van der Waals surface area contributed by atoms with Crippen molar-refractivity contribution in [1.82, 2.24) is 0 Å². The molecule has 0 bridgehead atoms. The Kier molecular flexibility index (Phi) is 9.37. The number of hydrogen-bond donors (Lipinski definition) is 0. The summed E-state index contributed by atoms with van der Waals surface area (Å²) < 4.78 is 12.3. The molecule has 2 rings (SSSR count). The molecule has 0 amide bonds. The van der Waals surface area contributed by atoms with Crippen molar-refractivity contribution in [1.29, 1.82) is 0 Å². The van der Waals surface area contributed by atoms with E-state index >= 15 is 0 Å². The van der Waals surface area contributed by atoms with Crippen LogP contribution in [0.5, 0.6) is 11.5 Å². The fraction of sp³-hybridized carbons (Fsp3) is 0.429. The van der Waals surface area contributed by atoms with Gasteiger partial charge in [-0.15, -0.1) is 0 Å². The Balaban J connectivity index is 0.000000320. The van der Waals surface area contributed by atoms with Gasteiger partial charge in [0.25, 0.3) is 0 Å². The van der Waals surface area contributed by atoms with E-state index in [1.165, 1.54) is 0 Å². The van der Waals surface area contributed by atoms with E-state index in [0.717, 1.165) is 22.6 Å². The second-order valence-electron chi connectivity index (χ2n) is 11.3. The average molecular weight is 469 g/mol. The number of rotatable bonds is 6. The maximum atomic E-state index is 6.17. The van der Waals surface area contributed by atoms with Crippen molar-refractivity contribution in [2.75, 3.05) is 0 Å². The third-order valence-corrected chi connectivity index (χ3v) is 15.3. The molecular weight excluding hydrogens is 424 g/mol. The molecule has 0 atom stereocenters. The predicted octanol–water partition coefficient (Wildman–Crippen LogP) is 9.43. The van der Waals surface area contributed by atoms with Gasteiger partial charge in [0, 0.05) is 0 Å². The molecular formula is C28H44O2Si2. The highest BCUT2D eigenvalue weighted by molar-refractivity contribution is 6.75. The Labute approximate surface area is 199 Å². The summed E-state index contributed by atoms with van der Waals surface area (Å²) in [6.45, 7) is 30.0. The van der Waals surface area contributed by atoms with Gasteiger partial charge in [-0.25, -0.2) is 0 Å². The van der Waals surface area contributed by atoms with E-state index in [1.807, 2.05) is 60.7 Å². The molecule has 0 aliphatic rings. The Morgan fingerprint density at radius 3 is 1.00 bits per heavy atom. The van der Waals surface area contributed by atoms with Crippen LogP contribution in [-0.2, 0) is 0 Å². The number of hydrogen-bond acceptors (Lipinski definition) is 2. The molecule has 0 unspecified atom stereocenters. The van der Waals surface area contributed by atoms with Gasteiger partial charge >= 0.3 is 0 Å². The topological polar surface area (TPSA) is 18.5 Å². The minimum absolute atomic E-state index is 0.240. The van der Waals surface area contributed by atoms with Gasteiger partial charge < -0.3 is 8.85 Å². The van der Waals surface area contributed by atoms with Crippen molar-refractivity contribution in [3.8, 4) is 11.5 Å². The van der Waals surface area contributed by atoms with Gasteiger partial charge in [0.2, 0.25) is 16.6 Å². The van der Waals surface area contributed by atoms with Crippen LogP contribution in [0.25, 0.3) is 12.2 Å². The molecule has 0 aliphatic heterocycles. The third kappa shape index (κ3) is 8.14. The van der Waals surface area contributed by atoms with Gasteiger partial charge in [-0.2, -0.15) is 0 Å². The highest BCUT2D eigenvalue weighted by atomic mass is 28.4. The van der Waals surface area contributed by atoms with E-state index in [4.69, 9.17) is 8.85 Å². The van der Waals surface area contributed by atoms with E-state index in [9.17, 15) is 0 Å². The van der Waals surface area contributed by atoms with E-state index in [-0.39, 0.29) is 10.1 Å². The Bertz CT molecular complexity index is 790. The summed E-state index contributed by atoms with van der Waals surface area (Å²) in [4.78, 5) is 0. The van der Waals surface area contributed by atoms with Crippen LogP contribution in [-0.4, -0.2) is 16.6 Å². The first-order valence-electron chi connectivity index (χ1n) is 11.4. The third-order valence-electron chi connectivity index (χ3n) is 6.59. The summed E-state index contributed by atoms with van der Waals surface area (Å²) >= 11 is 0. The highest BCUT2D eigenvalue weighted by Gasteiger charge is 2.39. The standard InChI is InChI=1S/2C14H22OSi/c2*1-7-12-8-10-13(11-9-12)15-16(5,6)14(2,3)4/h2*7-11H,1H2,2-6H3. The number of benzene rings is 2. The second-order valence-corrected chi connectivity index (χ2v) is 20.7. The van der Waals surface area contributed by atoms with Crippen molar-refractivity contribution in [2.45, 2.75) is 77.8 Å². The summed E-state index contributed by atoms with van der Waals surface area (Å²) in [6, 6.07) is 16.2. The molecule has 0 fully saturated rings. The largest absolute Gasteiger partial charge is 0.544 e. The molecule has 0 saturated heterocycles. The molecule has 2 nitrogen and oxygen atoms in total. The van der Waals surface area contributed by atoms with Gasteiger partial charge in [0.1, 0.15) is 11.5 Å². The van der Waals surface area contributed by atoms with Crippen LogP contribution in [0, 0.1) is 0 Å². The van der Waals surface area contributed by atoms with Gasteiger partial charge in [-0.05, 0) is 71.7 Å². The molecule has 0 aliphatic carbocycles. The zero-order chi connectivity index (χ0) is 24.8. The maximum absolute atomic E-state index is 6.17. The molecule has 176 valence electrons. The molecule has 2 aromatic rings. The zero-order valence-electron chi connectivity index (χ0n) is 22.0. The first-order valence-corrected chi connectivity index (χ1v) is 17.2. The van der Waals surface area contributed by atoms with Crippen molar-refractivity contribution in [2.24, 2.45) is 0 Å². The minimum Gasteiger partial charge on any atom is -0.544 e. The van der Waals surface area contributed by atoms with Crippen LogP contribution in [0.2, 0.25) is 36.3 Å². The lowest BCUT2D eigenvalue weighted by Crippen LogP contribution is -2.43. The molecule has 0 heterocycles. The zero-order valence-corrected chi connectivity index (χ0v) is 24.0. The monoisotopic (exact) mass is 468 g/mol. The van der Waals surface area contributed by atoms with Crippen molar-refractivity contribution < 1.29 is 8.85 Å². The van der Waals surface area contributed by atoms with Crippen LogP contribution in [0.1, 0.15) is 52.7 Å². The van der Waals surface area contributed by atoms with E-state index in [1.54, 1.807) is 0 Å². The summed E-state index contributed by atoms with van der Waals surface area (Å²) in [5.74, 6) is 1.94. The fourth-order valence-corrected chi connectivity index (χ4v) is 4.30. The van der Waals surface area contributed by atoms with Crippen LogP contribution < -0.4 is 8.85 Å². The Hall–Kier alpha value is -2.05.